The molecule has 6 heteroatoms. The lowest BCUT2D eigenvalue weighted by molar-refractivity contribution is -0.123. The first-order chi connectivity index (χ1) is 12.1. The van der Waals surface area contributed by atoms with Gasteiger partial charge < -0.3 is 10.1 Å². The predicted octanol–water partition coefficient (Wildman–Crippen LogP) is 2.43. The Morgan fingerprint density at radius 2 is 1.60 bits per heavy atom. The molecule has 2 rings (SSSR count). The van der Waals surface area contributed by atoms with Gasteiger partial charge in [-0.25, -0.2) is 9.59 Å². The van der Waals surface area contributed by atoms with Crippen LogP contribution in [0.2, 0.25) is 0 Å². The van der Waals surface area contributed by atoms with Gasteiger partial charge in [0.05, 0.1) is 5.56 Å². The first-order valence-corrected chi connectivity index (χ1v) is 7.96. The maximum absolute atomic E-state index is 11.8. The van der Waals surface area contributed by atoms with Crippen LogP contribution >= 0.6 is 0 Å². The summed E-state index contributed by atoms with van der Waals surface area (Å²) in [7, 11) is 0. The van der Waals surface area contributed by atoms with Gasteiger partial charge in [0.2, 0.25) is 0 Å². The zero-order chi connectivity index (χ0) is 18.1. The molecular formula is C19H20N2O4. The monoisotopic (exact) mass is 340 g/mol. The van der Waals surface area contributed by atoms with Crippen LogP contribution in [-0.4, -0.2) is 24.5 Å². The first kappa shape index (κ1) is 18.2. The number of amides is 3. The van der Waals surface area contributed by atoms with E-state index in [0.717, 1.165) is 17.5 Å². The van der Waals surface area contributed by atoms with Crippen molar-refractivity contribution in [1.29, 1.82) is 0 Å². The van der Waals surface area contributed by atoms with E-state index in [9.17, 15) is 14.4 Å². The Labute approximate surface area is 146 Å². The number of aryl methyl sites for hydroxylation is 1. The number of hydrogen-bond donors (Lipinski definition) is 2. The van der Waals surface area contributed by atoms with E-state index in [1.54, 1.807) is 12.1 Å². The summed E-state index contributed by atoms with van der Waals surface area (Å²) in [6.45, 7) is 1.79. The number of benzene rings is 2. The van der Waals surface area contributed by atoms with Crippen molar-refractivity contribution < 1.29 is 19.1 Å². The molecule has 2 N–H and O–H groups in total. The van der Waals surface area contributed by atoms with Crippen LogP contribution in [0.3, 0.4) is 0 Å². The molecule has 0 atom stereocenters. The van der Waals surface area contributed by atoms with Crippen LogP contribution in [-0.2, 0) is 22.5 Å². The minimum absolute atomic E-state index is 0.295. The highest BCUT2D eigenvalue weighted by molar-refractivity contribution is 5.97. The zero-order valence-electron chi connectivity index (χ0n) is 14.0. The van der Waals surface area contributed by atoms with Gasteiger partial charge >= 0.3 is 12.0 Å². The minimum atomic E-state index is -0.691. The maximum Gasteiger partial charge on any atom is 0.338 e. The molecule has 0 spiro atoms. The van der Waals surface area contributed by atoms with E-state index in [-0.39, 0.29) is 0 Å². The number of nitrogens with one attached hydrogen (secondary N) is 2. The van der Waals surface area contributed by atoms with Crippen molar-refractivity contribution in [3.63, 3.8) is 0 Å². The van der Waals surface area contributed by atoms with Gasteiger partial charge in [0, 0.05) is 6.54 Å². The average Bonchev–Trinajstić information content (AvgIpc) is 2.65. The number of rotatable bonds is 6. The summed E-state index contributed by atoms with van der Waals surface area (Å²) >= 11 is 0. The van der Waals surface area contributed by atoms with Crippen molar-refractivity contribution >= 4 is 17.9 Å². The molecule has 25 heavy (non-hydrogen) atoms. The fourth-order valence-electron chi connectivity index (χ4n) is 2.08. The topological polar surface area (TPSA) is 84.5 Å². The highest BCUT2D eigenvalue weighted by atomic mass is 16.5. The molecule has 0 bridgehead atoms. The van der Waals surface area contributed by atoms with Crippen LogP contribution in [0.15, 0.2) is 54.6 Å². The highest BCUT2D eigenvalue weighted by Crippen LogP contribution is 2.06. The Morgan fingerprint density at radius 3 is 2.24 bits per heavy atom. The van der Waals surface area contributed by atoms with Crippen LogP contribution in [0.5, 0.6) is 0 Å². The molecule has 0 fully saturated rings. The Kier molecular flexibility index (Phi) is 6.71. The number of imide groups is 1. The largest absolute Gasteiger partial charge is 0.452 e. The van der Waals surface area contributed by atoms with Gasteiger partial charge in [0.1, 0.15) is 0 Å². The second-order valence-corrected chi connectivity index (χ2v) is 5.34. The summed E-state index contributed by atoms with van der Waals surface area (Å²) in [6, 6.07) is 15.6. The van der Waals surface area contributed by atoms with E-state index in [0.29, 0.717) is 12.1 Å². The summed E-state index contributed by atoms with van der Waals surface area (Å²) in [4.78, 5) is 35.1. The SMILES string of the molecule is CCc1ccc(C(=O)OCC(=O)NC(=O)NCc2ccccc2)cc1. The van der Waals surface area contributed by atoms with Crippen LogP contribution < -0.4 is 10.6 Å². The van der Waals surface area contributed by atoms with Gasteiger partial charge in [0.15, 0.2) is 6.61 Å². The minimum Gasteiger partial charge on any atom is -0.452 e. The van der Waals surface area contributed by atoms with Crippen molar-refractivity contribution in [2.24, 2.45) is 0 Å². The molecule has 0 aromatic heterocycles. The van der Waals surface area contributed by atoms with Crippen molar-refractivity contribution in [1.82, 2.24) is 10.6 Å². The fourth-order valence-corrected chi connectivity index (χ4v) is 2.08. The van der Waals surface area contributed by atoms with E-state index >= 15 is 0 Å². The van der Waals surface area contributed by atoms with E-state index < -0.39 is 24.5 Å². The number of carbonyl (C=O) groups is 3. The molecule has 0 radical (unpaired) electrons. The van der Waals surface area contributed by atoms with Crippen molar-refractivity contribution in [2.75, 3.05) is 6.61 Å². The lowest BCUT2D eigenvalue weighted by Crippen LogP contribution is -2.41. The second-order valence-electron chi connectivity index (χ2n) is 5.34. The standard InChI is InChI=1S/C19H20N2O4/c1-2-14-8-10-16(11-9-14)18(23)25-13-17(22)21-19(24)20-12-15-6-4-3-5-7-15/h3-11H,2,12-13H2,1H3,(H2,20,21,22,24). The van der Waals surface area contributed by atoms with Gasteiger partial charge in [-0.2, -0.15) is 0 Å². The van der Waals surface area contributed by atoms with Gasteiger partial charge in [-0.05, 0) is 29.7 Å². The fraction of sp³-hybridized carbons (Fsp3) is 0.211. The van der Waals surface area contributed by atoms with Crippen LogP contribution in [0.25, 0.3) is 0 Å². The third kappa shape index (κ3) is 6.10. The molecule has 6 nitrogen and oxygen atoms in total. The number of hydrogen-bond acceptors (Lipinski definition) is 4. The second kappa shape index (κ2) is 9.22. The molecule has 130 valence electrons. The van der Waals surface area contributed by atoms with Gasteiger partial charge in [-0.3, -0.25) is 10.1 Å². The molecule has 2 aromatic carbocycles. The molecule has 0 heterocycles. The Balaban J connectivity index is 1.72. The summed E-state index contributed by atoms with van der Waals surface area (Å²) in [6.07, 6.45) is 0.871. The number of ether oxygens (including phenoxy) is 1. The molecule has 0 aliphatic carbocycles. The third-order valence-electron chi connectivity index (χ3n) is 3.48. The summed E-state index contributed by atoms with van der Waals surface area (Å²) in [5, 5.41) is 4.66. The summed E-state index contributed by atoms with van der Waals surface area (Å²) in [5.41, 5.74) is 2.37. The average molecular weight is 340 g/mol. The van der Waals surface area contributed by atoms with Crippen LogP contribution in [0, 0.1) is 0 Å². The lowest BCUT2D eigenvalue weighted by Gasteiger charge is -2.08. The quantitative estimate of drug-likeness (QED) is 0.791. The van der Waals surface area contributed by atoms with Crippen molar-refractivity contribution in [3.8, 4) is 0 Å². The smallest absolute Gasteiger partial charge is 0.338 e. The Hall–Kier alpha value is -3.15. The highest BCUT2D eigenvalue weighted by Gasteiger charge is 2.12. The molecule has 0 unspecified atom stereocenters. The predicted molar refractivity (Wildman–Crippen MR) is 92.9 cm³/mol. The molecule has 0 aliphatic rings. The number of esters is 1. The molecule has 0 aliphatic heterocycles. The normalized spacial score (nSPS) is 9.96. The van der Waals surface area contributed by atoms with Crippen LogP contribution in [0.1, 0.15) is 28.4 Å². The summed E-state index contributed by atoms with van der Waals surface area (Å²) < 4.78 is 4.90. The van der Waals surface area contributed by atoms with E-state index in [1.165, 1.54) is 0 Å². The number of carbonyl (C=O) groups excluding carboxylic acids is 3. The molecule has 0 saturated heterocycles. The molecule has 3 amide bonds. The van der Waals surface area contributed by atoms with E-state index in [2.05, 4.69) is 10.6 Å². The third-order valence-corrected chi connectivity index (χ3v) is 3.48. The number of urea groups is 1. The Morgan fingerprint density at radius 1 is 0.920 bits per heavy atom. The lowest BCUT2D eigenvalue weighted by atomic mass is 10.1. The van der Waals surface area contributed by atoms with Crippen molar-refractivity contribution in [3.05, 3.63) is 71.3 Å². The van der Waals surface area contributed by atoms with Gasteiger partial charge in [-0.15, -0.1) is 0 Å². The van der Waals surface area contributed by atoms with E-state index in [1.807, 2.05) is 49.4 Å². The maximum atomic E-state index is 11.8. The zero-order valence-corrected chi connectivity index (χ0v) is 14.0. The first-order valence-electron chi connectivity index (χ1n) is 7.96. The van der Waals surface area contributed by atoms with Gasteiger partial charge in [-0.1, -0.05) is 49.4 Å². The molecular weight excluding hydrogens is 320 g/mol. The molecule has 0 saturated carbocycles. The molecule has 2 aromatic rings. The van der Waals surface area contributed by atoms with Gasteiger partial charge in [0.25, 0.3) is 5.91 Å². The van der Waals surface area contributed by atoms with E-state index in [4.69, 9.17) is 4.74 Å². The van der Waals surface area contributed by atoms with Crippen molar-refractivity contribution in [2.45, 2.75) is 19.9 Å². The Bertz CT molecular complexity index is 727. The summed E-state index contributed by atoms with van der Waals surface area (Å²) in [5.74, 6) is -1.30. The van der Waals surface area contributed by atoms with Crippen LogP contribution in [0.4, 0.5) is 4.79 Å².